The van der Waals surface area contributed by atoms with Crippen molar-refractivity contribution in [2.24, 2.45) is 4.99 Å². The van der Waals surface area contributed by atoms with Gasteiger partial charge in [-0.3, -0.25) is 24.5 Å². The van der Waals surface area contributed by atoms with Crippen LogP contribution < -0.4 is 15.7 Å². The third-order valence-electron chi connectivity index (χ3n) is 7.19. The molecular formula is C31H39N5O2. The first-order chi connectivity index (χ1) is 18.3. The van der Waals surface area contributed by atoms with E-state index >= 15 is 0 Å². The van der Waals surface area contributed by atoms with E-state index in [0.717, 1.165) is 31.2 Å². The third-order valence-corrected chi connectivity index (χ3v) is 7.19. The van der Waals surface area contributed by atoms with Crippen LogP contribution in [0.2, 0.25) is 0 Å². The highest BCUT2D eigenvalue weighted by Crippen LogP contribution is 2.31. The van der Waals surface area contributed by atoms with Gasteiger partial charge in [-0.25, -0.2) is 0 Å². The summed E-state index contributed by atoms with van der Waals surface area (Å²) in [5.74, 6) is -0.390. The summed E-state index contributed by atoms with van der Waals surface area (Å²) in [4.78, 5) is 38.3. The molecule has 1 atom stereocenters. The number of carbonyl (C=O) groups excluding carboxylic acids is 2. The average Bonchev–Trinajstić information content (AvgIpc) is 2.92. The number of aromatic nitrogens is 2. The Bertz CT molecular complexity index is 1290. The van der Waals surface area contributed by atoms with E-state index in [1.807, 2.05) is 60.8 Å². The van der Waals surface area contributed by atoms with Crippen LogP contribution >= 0.6 is 0 Å². The molecule has 3 aromatic rings. The summed E-state index contributed by atoms with van der Waals surface area (Å²) in [5.41, 5.74) is 3.15. The highest BCUT2D eigenvalue weighted by Gasteiger charge is 2.34. The van der Waals surface area contributed by atoms with Crippen LogP contribution in [0.5, 0.6) is 0 Å². The van der Waals surface area contributed by atoms with Crippen LogP contribution in [0.25, 0.3) is 0 Å². The summed E-state index contributed by atoms with van der Waals surface area (Å²) in [6.07, 6.45) is 10.5. The lowest BCUT2D eigenvalue weighted by Gasteiger charge is -2.34. The van der Waals surface area contributed by atoms with Crippen LogP contribution in [-0.2, 0) is 21.5 Å². The molecule has 1 N–H and O–H groups in total. The zero-order valence-electron chi connectivity index (χ0n) is 22.9. The lowest BCUT2D eigenvalue weighted by atomic mass is 9.87. The molecule has 2 amide bonds. The molecule has 38 heavy (non-hydrogen) atoms. The molecule has 1 fully saturated rings. The van der Waals surface area contributed by atoms with Crippen molar-refractivity contribution in [1.82, 2.24) is 14.9 Å². The summed E-state index contributed by atoms with van der Waals surface area (Å²) in [5, 5.41) is 3.26. The quantitative estimate of drug-likeness (QED) is 0.486. The van der Waals surface area contributed by atoms with Crippen LogP contribution in [0, 0.1) is 0 Å². The van der Waals surface area contributed by atoms with Gasteiger partial charge in [-0.1, -0.05) is 64.3 Å². The van der Waals surface area contributed by atoms with Gasteiger partial charge in [0.2, 0.25) is 11.8 Å². The second kappa shape index (κ2) is 12.2. The van der Waals surface area contributed by atoms with Gasteiger partial charge in [0.1, 0.15) is 18.1 Å². The lowest BCUT2D eigenvalue weighted by Crippen LogP contribution is -2.48. The summed E-state index contributed by atoms with van der Waals surface area (Å²) in [6, 6.07) is 16.5. The van der Waals surface area contributed by atoms with E-state index in [0.29, 0.717) is 16.7 Å². The van der Waals surface area contributed by atoms with Crippen LogP contribution in [0.3, 0.4) is 0 Å². The Kier molecular flexibility index (Phi) is 8.77. The monoisotopic (exact) mass is 513 g/mol. The van der Waals surface area contributed by atoms with Crippen LogP contribution in [0.1, 0.15) is 70.0 Å². The van der Waals surface area contributed by atoms with E-state index in [-0.39, 0.29) is 29.8 Å². The predicted molar refractivity (Wildman–Crippen MR) is 151 cm³/mol. The van der Waals surface area contributed by atoms with Gasteiger partial charge in [-0.15, -0.1) is 0 Å². The first-order valence-corrected chi connectivity index (χ1v) is 13.5. The van der Waals surface area contributed by atoms with E-state index in [2.05, 4.69) is 36.1 Å². The van der Waals surface area contributed by atoms with Gasteiger partial charge < -0.3 is 9.88 Å². The Morgan fingerprint density at radius 1 is 1.05 bits per heavy atom. The second-order valence-electron chi connectivity index (χ2n) is 11.0. The molecule has 0 spiro atoms. The number of nitrogens with zero attached hydrogens (tertiary/aromatic N) is 4. The standard InChI is InChI=1S/C31H39N5O2/c1-31(2,3)24-15-17-26(18-16-24)36(28(37)22-35-20-9-8-14-27(35)32-4)29(23-11-10-19-33-21-23)30(38)34-25-12-6-5-7-13-25/h8-11,14-21,25,29H,5-7,12-13,22H2,1-4H3,(H,34,38)/b32-27-. The van der Waals surface area contributed by atoms with Crippen molar-refractivity contribution in [3.05, 3.63) is 89.8 Å². The van der Waals surface area contributed by atoms with Gasteiger partial charge in [0.15, 0.2) is 0 Å². The van der Waals surface area contributed by atoms with E-state index in [1.54, 1.807) is 28.9 Å². The molecule has 0 saturated heterocycles. The Hall–Kier alpha value is -3.74. The normalized spacial score (nSPS) is 15.6. The largest absolute Gasteiger partial charge is 0.351 e. The molecule has 0 radical (unpaired) electrons. The van der Waals surface area contributed by atoms with Gasteiger partial charge in [-0.05, 0) is 54.2 Å². The minimum atomic E-state index is -0.857. The molecule has 1 aliphatic carbocycles. The fraction of sp³-hybridized carbons (Fsp3) is 0.419. The topological polar surface area (TPSA) is 79.6 Å². The van der Waals surface area contributed by atoms with E-state index in [1.165, 1.54) is 6.42 Å². The summed E-state index contributed by atoms with van der Waals surface area (Å²) >= 11 is 0. The van der Waals surface area contributed by atoms with E-state index in [4.69, 9.17) is 0 Å². The number of benzene rings is 1. The van der Waals surface area contributed by atoms with Gasteiger partial charge in [0.25, 0.3) is 0 Å². The fourth-order valence-electron chi connectivity index (χ4n) is 5.07. The highest BCUT2D eigenvalue weighted by molar-refractivity contribution is 6.01. The number of pyridine rings is 2. The Labute approximate surface area is 225 Å². The van der Waals surface area contributed by atoms with Crippen molar-refractivity contribution >= 4 is 17.5 Å². The first kappa shape index (κ1) is 27.3. The molecule has 4 rings (SSSR count). The number of carbonyl (C=O) groups is 2. The van der Waals surface area contributed by atoms with Crippen LogP contribution in [0.4, 0.5) is 5.69 Å². The number of rotatable bonds is 7. The van der Waals surface area contributed by atoms with Gasteiger partial charge in [-0.2, -0.15) is 0 Å². The maximum absolute atomic E-state index is 14.1. The third kappa shape index (κ3) is 6.57. The number of nitrogens with one attached hydrogen (secondary N) is 1. The molecule has 1 saturated carbocycles. The molecule has 1 aliphatic rings. The Balaban J connectivity index is 1.78. The van der Waals surface area contributed by atoms with Crippen molar-refractivity contribution in [3.63, 3.8) is 0 Å². The molecule has 7 nitrogen and oxygen atoms in total. The number of hydrogen-bond acceptors (Lipinski definition) is 4. The van der Waals surface area contributed by atoms with Crippen molar-refractivity contribution in [2.45, 2.75) is 76.9 Å². The van der Waals surface area contributed by atoms with Gasteiger partial charge >= 0.3 is 0 Å². The number of anilines is 1. The molecule has 7 heteroatoms. The van der Waals surface area contributed by atoms with Crippen LogP contribution in [0.15, 0.2) is 78.2 Å². The molecule has 2 aromatic heterocycles. The summed E-state index contributed by atoms with van der Waals surface area (Å²) in [6.45, 7) is 6.51. The zero-order chi connectivity index (χ0) is 27.1. The number of amides is 2. The maximum atomic E-state index is 14.1. The average molecular weight is 514 g/mol. The van der Waals surface area contributed by atoms with Crippen molar-refractivity contribution in [1.29, 1.82) is 0 Å². The fourth-order valence-corrected chi connectivity index (χ4v) is 5.07. The Morgan fingerprint density at radius 2 is 1.79 bits per heavy atom. The SMILES string of the molecule is C/N=c1/ccccn1CC(=O)N(c1ccc(C(C)(C)C)cc1)C(C(=O)NC1CCCCC1)c1cccnc1. The molecule has 200 valence electrons. The Morgan fingerprint density at radius 3 is 2.42 bits per heavy atom. The summed E-state index contributed by atoms with van der Waals surface area (Å²) in [7, 11) is 1.70. The predicted octanol–water partition coefficient (Wildman–Crippen LogP) is 4.93. The summed E-state index contributed by atoms with van der Waals surface area (Å²) < 4.78 is 1.80. The zero-order valence-corrected chi connectivity index (χ0v) is 22.9. The van der Waals surface area contributed by atoms with Crippen molar-refractivity contribution in [2.75, 3.05) is 11.9 Å². The van der Waals surface area contributed by atoms with Gasteiger partial charge in [0, 0.05) is 42.9 Å². The second-order valence-corrected chi connectivity index (χ2v) is 11.0. The van der Waals surface area contributed by atoms with Crippen molar-refractivity contribution in [3.8, 4) is 0 Å². The molecule has 1 unspecified atom stereocenters. The first-order valence-electron chi connectivity index (χ1n) is 13.5. The van der Waals surface area contributed by atoms with Crippen molar-refractivity contribution < 1.29 is 9.59 Å². The van der Waals surface area contributed by atoms with E-state index in [9.17, 15) is 9.59 Å². The van der Waals surface area contributed by atoms with Crippen LogP contribution in [-0.4, -0.2) is 34.5 Å². The van der Waals surface area contributed by atoms with E-state index < -0.39 is 6.04 Å². The smallest absolute Gasteiger partial charge is 0.248 e. The lowest BCUT2D eigenvalue weighted by molar-refractivity contribution is -0.127. The molecule has 2 heterocycles. The molecule has 1 aromatic carbocycles. The molecular weight excluding hydrogens is 474 g/mol. The maximum Gasteiger partial charge on any atom is 0.248 e. The van der Waals surface area contributed by atoms with Gasteiger partial charge in [0.05, 0.1) is 0 Å². The molecule has 0 aliphatic heterocycles. The minimum absolute atomic E-state index is 0.0358. The molecule has 0 bridgehead atoms. The minimum Gasteiger partial charge on any atom is -0.351 e. The number of hydrogen-bond donors (Lipinski definition) is 1. The highest BCUT2D eigenvalue weighted by atomic mass is 16.2.